The molecule has 1 N–H and O–H groups in total. The van der Waals surface area contributed by atoms with Gasteiger partial charge in [-0.2, -0.15) is 5.10 Å². The summed E-state index contributed by atoms with van der Waals surface area (Å²) >= 11 is 3.54. The Morgan fingerprint density at radius 2 is 1.94 bits per heavy atom. The third-order valence-corrected chi connectivity index (χ3v) is 3.70. The van der Waals surface area contributed by atoms with Gasteiger partial charge in [0.2, 0.25) is 0 Å². The van der Waals surface area contributed by atoms with Gasteiger partial charge in [0.15, 0.2) is 0 Å². The van der Waals surface area contributed by atoms with Crippen LogP contribution in [0.2, 0.25) is 0 Å². The summed E-state index contributed by atoms with van der Waals surface area (Å²) in [5.74, 6) is 0. The number of rotatable bonds is 4. The van der Waals surface area contributed by atoms with E-state index in [1.165, 1.54) is 16.8 Å². The Bertz CT molecular complexity index is 505. The molecule has 0 saturated heterocycles. The summed E-state index contributed by atoms with van der Waals surface area (Å²) in [6.07, 6.45) is 1.92. The van der Waals surface area contributed by atoms with E-state index >= 15 is 0 Å². The van der Waals surface area contributed by atoms with Crippen LogP contribution < -0.4 is 5.32 Å². The van der Waals surface area contributed by atoms with E-state index in [0.717, 1.165) is 17.6 Å². The summed E-state index contributed by atoms with van der Waals surface area (Å²) in [5.41, 5.74) is 3.73. The van der Waals surface area contributed by atoms with Crippen molar-refractivity contribution >= 4 is 15.9 Å². The molecule has 0 saturated carbocycles. The van der Waals surface area contributed by atoms with E-state index in [1.807, 2.05) is 24.0 Å². The fourth-order valence-corrected chi connectivity index (χ4v) is 2.12. The topological polar surface area (TPSA) is 29.9 Å². The summed E-state index contributed by atoms with van der Waals surface area (Å²) in [5, 5.41) is 7.66. The Kier molecular flexibility index (Phi) is 3.97. The van der Waals surface area contributed by atoms with Gasteiger partial charge in [0.25, 0.3) is 0 Å². The Balaban J connectivity index is 1.92. The molecule has 0 fully saturated rings. The molecule has 0 aliphatic carbocycles. The predicted molar refractivity (Wildman–Crippen MR) is 72.6 cm³/mol. The number of hydrogen-bond donors (Lipinski definition) is 1. The van der Waals surface area contributed by atoms with Crippen LogP contribution in [0.5, 0.6) is 0 Å². The molecule has 2 aromatic rings. The van der Waals surface area contributed by atoms with Crippen molar-refractivity contribution in [3.8, 4) is 0 Å². The summed E-state index contributed by atoms with van der Waals surface area (Å²) < 4.78 is 3.05. The zero-order chi connectivity index (χ0) is 12.3. The standard InChI is InChI=1S/C13H16BrN3/c1-10-12(9-16-17(10)2)8-15-7-11-5-3-4-6-13(11)14/h3-6,9,15H,7-8H2,1-2H3. The second-order valence-electron chi connectivity index (χ2n) is 4.07. The average Bonchev–Trinajstić information content (AvgIpc) is 2.63. The van der Waals surface area contributed by atoms with Crippen molar-refractivity contribution in [3.05, 3.63) is 51.8 Å². The maximum absolute atomic E-state index is 4.23. The van der Waals surface area contributed by atoms with Crippen molar-refractivity contribution in [1.29, 1.82) is 0 Å². The van der Waals surface area contributed by atoms with Gasteiger partial charge >= 0.3 is 0 Å². The van der Waals surface area contributed by atoms with Crippen molar-refractivity contribution in [2.24, 2.45) is 7.05 Å². The maximum Gasteiger partial charge on any atom is 0.0537 e. The number of aromatic nitrogens is 2. The first-order valence-electron chi connectivity index (χ1n) is 5.60. The SMILES string of the molecule is Cc1c(CNCc2ccccc2Br)cnn1C. The van der Waals surface area contributed by atoms with Gasteiger partial charge in [-0.25, -0.2) is 0 Å². The number of halogens is 1. The molecule has 4 heteroatoms. The monoisotopic (exact) mass is 293 g/mol. The lowest BCUT2D eigenvalue weighted by Crippen LogP contribution is -2.13. The average molecular weight is 294 g/mol. The van der Waals surface area contributed by atoms with E-state index in [9.17, 15) is 0 Å². The van der Waals surface area contributed by atoms with E-state index < -0.39 is 0 Å². The van der Waals surface area contributed by atoms with Gasteiger partial charge in [-0.1, -0.05) is 34.1 Å². The third kappa shape index (κ3) is 2.96. The second-order valence-corrected chi connectivity index (χ2v) is 4.93. The molecule has 17 heavy (non-hydrogen) atoms. The second kappa shape index (κ2) is 5.47. The molecule has 0 aliphatic rings. The van der Waals surface area contributed by atoms with Crippen LogP contribution in [0, 0.1) is 6.92 Å². The Morgan fingerprint density at radius 3 is 2.59 bits per heavy atom. The first kappa shape index (κ1) is 12.3. The summed E-state index contributed by atoms with van der Waals surface area (Å²) in [6, 6.07) is 8.26. The lowest BCUT2D eigenvalue weighted by molar-refractivity contribution is 0.683. The van der Waals surface area contributed by atoms with Gasteiger partial charge in [0.1, 0.15) is 0 Å². The van der Waals surface area contributed by atoms with Crippen LogP contribution in [-0.2, 0) is 20.1 Å². The molecule has 1 aromatic heterocycles. The zero-order valence-electron chi connectivity index (χ0n) is 10.1. The van der Waals surface area contributed by atoms with E-state index in [0.29, 0.717) is 0 Å². The molecular formula is C13H16BrN3. The van der Waals surface area contributed by atoms with Gasteiger partial charge < -0.3 is 5.32 Å². The summed E-state index contributed by atoms with van der Waals surface area (Å²) in [4.78, 5) is 0. The fraction of sp³-hybridized carbons (Fsp3) is 0.308. The van der Waals surface area contributed by atoms with Crippen LogP contribution in [0.1, 0.15) is 16.8 Å². The Hall–Kier alpha value is -1.13. The Labute approximate surface area is 110 Å². The maximum atomic E-state index is 4.23. The van der Waals surface area contributed by atoms with Crippen molar-refractivity contribution in [3.63, 3.8) is 0 Å². The first-order valence-corrected chi connectivity index (χ1v) is 6.39. The van der Waals surface area contributed by atoms with Crippen LogP contribution in [0.3, 0.4) is 0 Å². The minimum atomic E-state index is 0.848. The molecule has 0 spiro atoms. The van der Waals surface area contributed by atoms with Crippen LogP contribution in [-0.4, -0.2) is 9.78 Å². The van der Waals surface area contributed by atoms with E-state index in [1.54, 1.807) is 0 Å². The van der Waals surface area contributed by atoms with Gasteiger partial charge in [-0.05, 0) is 18.6 Å². The van der Waals surface area contributed by atoms with Crippen molar-refractivity contribution < 1.29 is 0 Å². The normalized spacial score (nSPS) is 10.8. The van der Waals surface area contributed by atoms with Gasteiger partial charge in [0, 0.05) is 35.9 Å². The predicted octanol–water partition coefficient (Wildman–Crippen LogP) is 2.78. The quantitative estimate of drug-likeness (QED) is 0.939. The minimum absolute atomic E-state index is 0.848. The van der Waals surface area contributed by atoms with Gasteiger partial charge in [-0.15, -0.1) is 0 Å². The van der Waals surface area contributed by atoms with E-state index in [2.05, 4.69) is 51.5 Å². The van der Waals surface area contributed by atoms with Gasteiger partial charge in [-0.3, -0.25) is 4.68 Å². The molecule has 0 aliphatic heterocycles. The highest BCUT2D eigenvalue weighted by molar-refractivity contribution is 9.10. The molecule has 2 rings (SSSR count). The molecule has 0 amide bonds. The molecule has 1 heterocycles. The highest BCUT2D eigenvalue weighted by Gasteiger charge is 2.03. The number of aryl methyl sites for hydroxylation is 1. The Morgan fingerprint density at radius 1 is 1.24 bits per heavy atom. The third-order valence-electron chi connectivity index (χ3n) is 2.93. The van der Waals surface area contributed by atoms with E-state index in [-0.39, 0.29) is 0 Å². The van der Waals surface area contributed by atoms with Crippen molar-refractivity contribution in [1.82, 2.24) is 15.1 Å². The molecule has 0 unspecified atom stereocenters. The molecular weight excluding hydrogens is 278 g/mol. The smallest absolute Gasteiger partial charge is 0.0537 e. The summed E-state index contributed by atoms with van der Waals surface area (Å²) in [7, 11) is 1.96. The molecule has 0 radical (unpaired) electrons. The highest BCUT2D eigenvalue weighted by atomic mass is 79.9. The van der Waals surface area contributed by atoms with Crippen LogP contribution in [0.4, 0.5) is 0 Å². The van der Waals surface area contributed by atoms with Gasteiger partial charge in [0.05, 0.1) is 6.20 Å². The van der Waals surface area contributed by atoms with Crippen molar-refractivity contribution in [2.75, 3.05) is 0 Å². The van der Waals surface area contributed by atoms with Crippen LogP contribution >= 0.6 is 15.9 Å². The summed E-state index contributed by atoms with van der Waals surface area (Å²) in [6.45, 7) is 3.79. The van der Waals surface area contributed by atoms with Crippen LogP contribution in [0.25, 0.3) is 0 Å². The molecule has 0 atom stereocenters. The molecule has 1 aromatic carbocycles. The highest BCUT2D eigenvalue weighted by Crippen LogP contribution is 2.15. The fourth-order valence-electron chi connectivity index (χ4n) is 1.69. The minimum Gasteiger partial charge on any atom is -0.308 e. The van der Waals surface area contributed by atoms with E-state index in [4.69, 9.17) is 0 Å². The number of nitrogens with one attached hydrogen (secondary N) is 1. The lowest BCUT2D eigenvalue weighted by atomic mass is 10.2. The molecule has 0 bridgehead atoms. The number of benzene rings is 1. The number of hydrogen-bond acceptors (Lipinski definition) is 2. The molecule has 3 nitrogen and oxygen atoms in total. The zero-order valence-corrected chi connectivity index (χ0v) is 11.7. The van der Waals surface area contributed by atoms with Crippen molar-refractivity contribution in [2.45, 2.75) is 20.0 Å². The van der Waals surface area contributed by atoms with Crippen LogP contribution in [0.15, 0.2) is 34.9 Å². The molecule has 90 valence electrons. The number of nitrogens with zero attached hydrogens (tertiary/aromatic N) is 2. The first-order chi connectivity index (χ1) is 8.18. The largest absolute Gasteiger partial charge is 0.308 e. The lowest BCUT2D eigenvalue weighted by Gasteiger charge is -2.06.